The molecule has 0 amide bonds. The summed E-state index contributed by atoms with van der Waals surface area (Å²) in [5, 5.41) is 0. The molecule has 0 aromatic carbocycles. The SMILES string of the molecule is CC[O][Ni]. The van der Waals surface area contributed by atoms with Crippen molar-refractivity contribution in [1.29, 1.82) is 0 Å². The van der Waals surface area contributed by atoms with Crippen LogP contribution in [-0.4, -0.2) is 6.61 Å². The van der Waals surface area contributed by atoms with E-state index >= 15 is 0 Å². The van der Waals surface area contributed by atoms with Crippen molar-refractivity contribution in [2.75, 3.05) is 6.61 Å². The van der Waals surface area contributed by atoms with Crippen molar-refractivity contribution in [1.82, 2.24) is 0 Å². The first-order valence-electron chi connectivity index (χ1n) is 1.12. The van der Waals surface area contributed by atoms with Crippen LogP contribution in [0.25, 0.3) is 0 Å². The van der Waals surface area contributed by atoms with Crippen LogP contribution in [0.4, 0.5) is 0 Å². The predicted molar refractivity (Wildman–Crippen MR) is 11.6 cm³/mol. The van der Waals surface area contributed by atoms with Crippen molar-refractivity contribution in [2.24, 2.45) is 0 Å². The molecule has 0 aromatic rings. The fraction of sp³-hybridized carbons (Fsp3) is 1.00. The summed E-state index contributed by atoms with van der Waals surface area (Å²) in [6, 6.07) is 0. The first kappa shape index (κ1) is 4.45. The molecule has 0 N–H and O–H groups in total. The van der Waals surface area contributed by atoms with Crippen LogP contribution < -0.4 is 0 Å². The Kier molecular flexibility index (Phi) is 3.85. The van der Waals surface area contributed by atoms with Gasteiger partial charge in [-0.3, -0.25) is 0 Å². The first-order chi connectivity index (χ1) is 1.91. The Labute approximate surface area is 34.0 Å². The van der Waals surface area contributed by atoms with Crippen LogP contribution in [0.1, 0.15) is 6.92 Å². The summed E-state index contributed by atoms with van der Waals surface area (Å²) in [4.78, 5) is 0. The zero-order chi connectivity index (χ0) is 3.41. The molecular weight excluding hydrogens is 98.7 g/mol. The normalized spacial score (nSPS) is 7.75. The van der Waals surface area contributed by atoms with E-state index in [9.17, 15) is 0 Å². The van der Waals surface area contributed by atoms with Crippen LogP contribution in [0.15, 0.2) is 0 Å². The van der Waals surface area contributed by atoms with Crippen molar-refractivity contribution in [3.8, 4) is 0 Å². The van der Waals surface area contributed by atoms with E-state index in [4.69, 9.17) is 0 Å². The molecule has 0 aliphatic carbocycles. The van der Waals surface area contributed by atoms with E-state index in [1.54, 1.807) is 0 Å². The van der Waals surface area contributed by atoms with E-state index in [0.29, 0.717) is 6.61 Å². The Bertz CT molecular complexity index is 8.00. The third-order valence-corrected chi connectivity index (χ3v) is 0.376. The molecule has 0 fully saturated rings. The van der Waals surface area contributed by atoms with Gasteiger partial charge in [-0.15, -0.1) is 0 Å². The molecule has 0 aliphatic rings. The molecule has 0 rings (SSSR count). The molecule has 4 heavy (non-hydrogen) atoms. The summed E-state index contributed by atoms with van der Waals surface area (Å²) in [6.07, 6.45) is 0. The number of rotatable bonds is 1. The van der Waals surface area contributed by atoms with Gasteiger partial charge in [-0.2, -0.15) is 0 Å². The van der Waals surface area contributed by atoms with Crippen LogP contribution in [0.3, 0.4) is 0 Å². The second-order valence-corrected chi connectivity index (χ2v) is 0.665. The van der Waals surface area contributed by atoms with Crippen LogP contribution >= 0.6 is 0 Å². The van der Waals surface area contributed by atoms with Crippen molar-refractivity contribution < 1.29 is 19.7 Å². The third-order valence-electron chi connectivity index (χ3n) is 0.0913. The molecule has 2 heteroatoms. The molecule has 0 radical (unpaired) electrons. The molecular formula is C2H5NiO. The van der Waals surface area contributed by atoms with Crippen molar-refractivity contribution in [2.45, 2.75) is 6.92 Å². The van der Waals surface area contributed by atoms with Crippen molar-refractivity contribution in [3.63, 3.8) is 0 Å². The molecule has 29 valence electrons. The topological polar surface area (TPSA) is 9.23 Å². The molecule has 0 heterocycles. The summed E-state index contributed by atoms with van der Waals surface area (Å²) >= 11 is 3.82. The van der Waals surface area contributed by atoms with Gasteiger partial charge in [0.25, 0.3) is 0 Å². The van der Waals surface area contributed by atoms with E-state index in [0.717, 1.165) is 0 Å². The summed E-state index contributed by atoms with van der Waals surface area (Å²) in [5.74, 6) is 0. The molecule has 0 saturated heterocycles. The minimum absolute atomic E-state index is 0.653. The van der Waals surface area contributed by atoms with Gasteiger partial charge in [0, 0.05) is 0 Å². The monoisotopic (exact) mass is 103 g/mol. The van der Waals surface area contributed by atoms with Crippen LogP contribution in [0.5, 0.6) is 0 Å². The van der Waals surface area contributed by atoms with Gasteiger partial charge in [0.2, 0.25) is 0 Å². The van der Waals surface area contributed by atoms with Crippen LogP contribution in [-0.2, 0) is 19.7 Å². The summed E-state index contributed by atoms with van der Waals surface area (Å²) in [7, 11) is 0. The molecule has 0 spiro atoms. The van der Waals surface area contributed by atoms with Crippen LogP contribution in [0.2, 0.25) is 0 Å². The Balaban J connectivity index is 1.97. The van der Waals surface area contributed by atoms with E-state index < -0.39 is 0 Å². The quantitative estimate of drug-likeness (QED) is 0.439. The van der Waals surface area contributed by atoms with Gasteiger partial charge in [-0.25, -0.2) is 0 Å². The minimum atomic E-state index is 0.653. The fourth-order valence-corrected chi connectivity index (χ4v) is 0. The zero-order valence-corrected chi connectivity index (χ0v) is 3.42. The van der Waals surface area contributed by atoms with E-state index in [1.807, 2.05) is 6.92 Å². The Hall–Kier alpha value is 0.454. The van der Waals surface area contributed by atoms with Gasteiger partial charge in [-0.05, 0) is 0 Å². The summed E-state index contributed by atoms with van der Waals surface area (Å²) in [5.41, 5.74) is 0. The summed E-state index contributed by atoms with van der Waals surface area (Å²) < 4.78 is 4.17. The summed E-state index contributed by atoms with van der Waals surface area (Å²) in [6.45, 7) is 2.52. The molecule has 0 atom stereocenters. The molecule has 0 bridgehead atoms. The number of hydrogen-bond donors (Lipinski definition) is 0. The zero-order valence-electron chi connectivity index (χ0n) is 2.43. The molecule has 1 nitrogen and oxygen atoms in total. The average Bonchev–Trinajstić information content (AvgIpc) is 1.37. The maximum absolute atomic E-state index is 4.17. The molecule has 0 unspecified atom stereocenters. The number of hydrogen-bond acceptors (Lipinski definition) is 1. The molecule has 0 aliphatic heterocycles. The van der Waals surface area contributed by atoms with E-state index in [-0.39, 0.29) is 0 Å². The molecule has 0 saturated carbocycles. The van der Waals surface area contributed by atoms with E-state index in [2.05, 4.69) is 19.7 Å². The molecule has 0 aromatic heterocycles. The van der Waals surface area contributed by atoms with Gasteiger partial charge in [-0.1, -0.05) is 0 Å². The first-order valence-corrected chi connectivity index (χ1v) is 1.53. The van der Waals surface area contributed by atoms with Crippen LogP contribution in [0, 0.1) is 0 Å². The van der Waals surface area contributed by atoms with Gasteiger partial charge in [0.15, 0.2) is 0 Å². The van der Waals surface area contributed by atoms with Crippen molar-refractivity contribution >= 4 is 0 Å². The Morgan fingerprint density at radius 1 is 2.00 bits per heavy atom. The maximum atomic E-state index is 4.17. The van der Waals surface area contributed by atoms with E-state index in [1.165, 1.54) is 0 Å². The fourth-order valence-electron chi connectivity index (χ4n) is 0. The average molecular weight is 104 g/mol. The Morgan fingerprint density at radius 2 is 2.25 bits per heavy atom. The Morgan fingerprint density at radius 3 is 2.25 bits per heavy atom. The standard InChI is InChI=1S/C2H5O.Ni/c1-2-3;/h2H2,1H3;/q-1;+1. The van der Waals surface area contributed by atoms with Gasteiger partial charge < -0.3 is 0 Å². The van der Waals surface area contributed by atoms with Gasteiger partial charge >= 0.3 is 33.2 Å². The van der Waals surface area contributed by atoms with Gasteiger partial charge in [0.05, 0.1) is 0 Å². The second-order valence-electron chi connectivity index (χ2n) is 0.380. The van der Waals surface area contributed by atoms with Crippen molar-refractivity contribution in [3.05, 3.63) is 0 Å². The second kappa shape index (κ2) is 3.45. The predicted octanol–water partition coefficient (Wildman–Crippen LogP) is 0.485. The third kappa shape index (κ3) is 2.45. The van der Waals surface area contributed by atoms with Gasteiger partial charge in [0.1, 0.15) is 0 Å².